The van der Waals surface area contributed by atoms with Crippen LogP contribution >= 0.6 is 23.8 Å². The standard InChI is InChI=1S/C26H21ClN6OS/c1-34-22-13-9-20(10-14-22)23-15-24(32(31-23)17-19-5-3-2-4-6-19)25-29-30-26(35)33(25)28-16-18-7-11-21(27)12-8-18/h2-16H,17H2,1H3,(H,30,35)/b28-16+. The minimum Gasteiger partial charge on any atom is -0.497 e. The lowest BCUT2D eigenvalue weighted by atomic mass is 10.1. The van der Waals surface area contributed by atoms with Crippen molar-refractivity contribution in [2.24, 2.45) is 5.10 Å². The molecule has 0 fully saturated rings. The first-order valence-corrected chi connectivity index (χ1v) is 11.6. The summed E-state index contributed by atoms with van der Waals surface area (Å²) in [6.45, 7) is 0.562. The topological polar surface area (TPSA) is 73.0 Å². The van der Waals surface area contributed by atoms with Gasteiger partial charge in [0.25, 0.3) is 0 Å². The van der Waals surface area contributed by atoms with E-state index in [0.717, 1.165) is 33.8 Å². The second-order valence-electron chi connectivity index (χ2n) is 7.75. The summed E-state index contributed by atoms with van der Waals surface area (Å²) in [5.74, 6) is 1.35. The van der Waals surface area contributed by atoms with Crippen LogP contribution in [0.15, 0.2) is 90.0 Å². The molecule has 0 aliphatic carbocycles. The van der Waals surface area contributed by atoms with E-state index in [-0.39, 0.29) is 0 Å². The van der Waals surface area contributed by atoms with Gasteiger partial charge in [-0.1, -0.05) is 54.1 Å². The van der Waals surface area contributed by atoms with E-state index in [0.29, 0.717) is 22.2 Å². The van der Waals surface area contributed by atoms with Crippen LogP contribution < -0.4 is 4.74 Å². The molecular weight excluding hydrogens is 480 g/mol. The third-order valence-corrected chi connectivity index (χ3v) is 5.93. The average molecular weight is 501 g/mol. The van der Waals surface area contributed by atoms with Crippen LogP contribution in [0.5, 0.6) is 5.75 Å². The second kappa shape index (κ2) is 10.1. The van der Waals surface area contributed by atoms with Crippen molar-refractivity contribution in [3.05, 3.63) is 106 Å². The molecule has 0 radical (unpaired) electrons. The van der Waals surface area contributed by atoms with Crippen LogP contribution in [0.2, 0.25) is 5.02 Å². The number of H-pyrrole nitrogens is 1. The van der Waals surface area contributed by atoms with E-state index in [1.165, 1.54) is 0 Å². The molecule has 3 aromatic carbocycles. The molecule has 0 amide bonds. The Balaban J connectivity index is 1.58. The van der Waals surface area contributed by atoms with Gasteiger partial charge in [0.1, 0.15) is 11.4 Å². The third kappa shape index (κ3) is 5.08. The fourth-order valence-electron chi connectivity index (χ4n) is 3.61. The fourth-order valence-corrected chi connectivity index (χ4v) is 3.92. The smallest absolute Gasteiger partial charge is 0.216 e. The highest BCUT2D eigenvalue weighted by Gasteiger charge is 2.18. The number of aromatic nitrogens is 5. The molecule has 174 valence electrons. The number of rotatable bonds is 7. The van der Waals surface area contributed by atoms with Crippen molar-refractivity contribution in [1.82, 2.24) is 24.7 Å². The molecule has 0 atom stereocenters. The highest BCUT2D eigenvalue weighted by atomic mass is 35.5. The van der Waals surface area contributed by atoms with Gasteiger partial charge in [0.2, 0.25) is 10.6 Å². The summed E-state index contributed by atoms with van der Waals surface area (Å²) in [4.78, 5) is 0. The zero-order valence-corrected chi connectivity index (χ0v) is 20.4. The Morgan fingerprint density at radius 3 is 2.49 bits per heavy atom. The zero-order valence-electron chi connectivity index (χ0n) is 18.8. The highest BCUT2D eigenvalue weighted by Crippen LogP contribution is 2.27. The van der Waals surface area contributed by atoms with Crippen LogP contribution in [-0.2, 0) is 6.54 Å². The molecule has 0 spiro atoms. The van der Waals surface area contributed by atoms with E-state index in [2.05, 4.69) is 27.4 Å². The van der Waals surface area contributed by atoms with E-state index >= 15 is 0 Å². The molecule has 0 unspecified atom stereocenters. The number of hydrogen-bond acceptors (Lipinski definition) is 5. The molecule has 2 heterocycles. The Labute approximate surface area is 212 Å². The van der Waals surface area contributed by atoms with Crippen molar-refractivity contribution in [2.45, 2.75) is 6.54 Å². The monoisotopic (exact) mass is 500 g/mol. The van der Waals surface area contributed by atoms with Gasteiger partial charge in [-0.3, -0.25) is 4.68 Å². The average Bonchev–Trinajstić information content (AvgIpc) is 3.47. The molecule has 0 saturated carbocycles. The van der Waals surface area contributed by atoms with Gasteiger partial charge in [-0.05, 0) is 65.8 Å². The lowest BCUT2D eigenvalue weighted by molar-refractivity contribution is 0.415. The first-order chi connectivity index (χ1) is 17.1. The van der Waals surface area contributed by atoms with Crippen LogP contribution in [0.4, 0.5) is 0 Å². The maximum atomic E-state index is 6.00. The van der Waals surface area contributed by atoms with Crippen molar-refractivity contribution in [3.63, 3.8) is 0 Å². The van der Waals surface area contributed by atoms with Crippen molar-refractivity contribution >= 4 is 30.0 Å². The van der Waals surface area contributed by atoms with Crippen molar-refractivity contribution < 1.29 is 4.74 Å². The Morgan fingerprint density at radius 2 is 1.77 bits per heavy atom. The predicted octanol–water partition coefficient (Wildman–Crippen LogP) is 6.06. The number of methoxy groups -OCH3 is 1. The van der Waals surface area contributed by atoms with Crippen molar-refractivity contribution in [1.29, 1.82) is 0 Å². The molecule has 2 aromatic heterocycles. The maximum absolute atomic E-state index is 6.00. The molecule has 0 aliphatic heterocycles. The minimum atomic E-state index is 0.378. The zero-order chi connectivity index (χ0) is 24.2. The van der Waals surface area contributed by atoms with Crippen LogP contribution in [0.1, 0.15) is 11.1 Å². The van der Waals surface area contributed by atoms with Crippen LogP contribution in [0.25, 0.3) is 22.8 Å². The van der Waals surface area contributed by atoms with Crippen LogP contribution in [0, 0.1) is 4.77 Å². The van der Waals surface area contributed by atoms with Crippen molar-refractivity contribution in [2.75, 3.05) is 7.11 Å². The molecule has 0 aliphatic rings. The number of nitrogens with zero attached hydrogens (tertiary/aromatic N) is 5. The summed E-state index contributed by atoms with van der Waals surface area (Å²) in [7, 11) is 1.65. The number of halogens is 1. The largest absolute Gasteiger partial charge is 0.497 e. The predicted molar refractivity (Wildman–Crippen MR) is 141 cm³/mol. The van der Waals surface area contributed by atoms with Crippen LogP contribution in [0.3, 0.4) is 0 Å². The van der Waals surface area contributed by atoms with E-state index in [1.807, 2.05) is 77.5 Å². The minimum absolute atomic E-state index is 0.378. The Bertz CT molecular complexity index is 1520. The van der Waals surface area contributed by atoms with Crippen molar-refractivity contribution in [3.8, 4) is 28.5 Å². The lowest BCUT2D eigenvalue weighted by Crippen LogP contribution is -2.06. The summed E-state index contributed by atoms with van der Waals surface area (Å²) in [5, 5.41) is 17.5. The maximum Gasteiger partial charge on any atom is 0.216 e. The van der Waals surface area contributed by atoms with Gasteiger partial charge in [0.05, 0.1) is 25.6 Å². The number of hydrogen-bond donors (Lipinski definition) is 1. The number of aromatic amines is 1. The van der Waals surface area contributed by atoms with Gasteiger partial charge in [-0.25, -0.2) is 5.10 Å². The molecule has 5 rings (SSSR count). The van der Waals surface area contributed by atoms with Gasteiger partial charge in [-0.2, -0.15) is 20.0 Å². The third-order valence-electron chi connectivity index (χ3n) is 5.41. The molecule has 35 heavy (non-hydrogen) atoms. The van der Waals surface area contributed by atoms with Crippen LogP contribution in [-0.4, -0.2) is 38.0 Å². The lowest BCUT2D eigenvalue weighted by Gasteiger charge is -2.07. The number of ether oxygens (including phenoxy) is 1. The van der Waals surface area contributed by atoms with E-state index in [1.54, 1.807) is 18.0 Å². The number of nitrogens with one attached hydrogen (secondary N) is 1. The molecule has 0 bridgehead atoms. The van der Waals surface area contributed by atoms with E-state index < -0.39 is 0 Å². The molecular formula is C26H21ClN6OS. The van der Waals surface area contributed by atoms with Gasteiger partial charge >= 0.3 is 0 Å². The SMILES string of the molecule is COc1ccc(-c2cc(-c3n[nH]c(=S)n3/N=C/c3ccc(Cl)cc3)n(Cc3ccccc3)n2)cc1. The van der Waals surface area contributed by atoms with Gasteiger partial charge < -0.3 is 4.74 Å². The van der Waals surface area contributed by atoms with Gasteiger partial charge in [0, 0.05) is 10.6 Å². The highest BCUT2D eigenvalue weighted by molar-refractivity contribution is 7.71. The first-order valence-electron chi connectivity index (χ1n) is 10.8. The quantitative estimate of drug-likeness (QED) is 0.217. The fraction of sp³-hybridized carbons (Fsp3) is 0.0769. The second-order valence-corrected chi connectivity index (χ2v) is 8.57. The summed E-state index contributed by atoms with van der Waals surface area (Å²) >= 11 is 11.5. The summed E-state index contributed by atoms with van der Waals surface area (Å²) < 4.78 is 9.18. The van der Waals surface area contributed by atoms with Gasteiger partial charge in [0.15, 0.2) is 0 Å². The number of benzene rings is 3. The Kier molecular flexibility index (Phi) is 6.56. The molecule has 0 saturated heterocycles. The first kappa shape index (κ1) is 22.8. The Morgan fingerprint density at radius 1 is 1.03 bits per heavy atom. The molecule has 7 nitrogen and oxygen atoms in total. The molecule has 1 N–H and O–H groups in total. The summed E-state index contributed by atoms with van der Waals surface area (Å²) in [5.41, 5.74) is 4.55. The molecule has 5 aromatic rings. The summed E-state index contributed by atoms with van der Waals surface area (Å²) in [6, 6.07) is 27.3. The molecule has 9 heteroatoms. The Hall–Kier alpha value is -4.01. The normalized spacial score (nSPS) is 11.3. The van der Waals surface area contributed by atoms with Gasteiger partial charge in [-0.15, -0.1) is 0 Å². The summed E-state index contributed by atoms with van der Waals surface area (Å²) in [6.07, 6.45) is 1.72. The van der Waals surface area contributed by atoms with E-state index in [9.17, 15) is 0 Å². The van der Waals surface area contributed by atoms with E-state index in [4.69, 9.17) is 33.7 Å².